The molecule has 0 saturated carbocycles. The second kappa shape index (κ2) is 3.34. The number of ketones is 1. The van der Waals surface area contributed by atoms with Crippen LogP contribution in [0.5, 0.6) is 0 Å². The molecule has 0 fully saturated rings. The van der Waals surface area contributed by atoms with Gasteiger partial charge in [-0.3, -0.25) is 14.2 Å². The Morgan fingerprint density at radius 2 is 2.07 bits per heavy atom. The van der Waals surface area contributed by atoms with E-state index in [-0.39, 0.29) is 5.78 Å². The highest BCUT2D eigenvalue weighted by molar-refractivity contribution is 6.06. The van der Waals surface area contributed by atoms with Crippen LogP contribution in [-0.2, 0) is 14.1 Å². The maximum Gasteiger partial charge on any atom is 0.231 e. The predicted octanol–water partition coefficient (Wildman–Crippen LogP) is 0.693. The summed E-state index contributed by atoms with van der Waals surface area (Å²) in [6.45, 7) is 1.91. The van der Waals surface area contributed by atoms with Crippen LogP contribution in [0.1, 0.15) is 21.9 Å². The number of carbonyl (C=O) groups excluding carboxylic acids is 1. The van der Waals surface area contributed by atoms with E-state index >= 15 is 0 Å². The second-order valence-electron chi connectivity index (χ2n) is 3.46. The number of hydrogen-bond acceptors (Lipinski definition) is 3. The fourth-order valence-corrected chi connectivity index (χ4v) is 1.40. The van der Waals surface area contributed by atoms with Gasteiger partial charge in [-0.25, -0.2) is 0 Å². The summed E-state index contributed by atoms with van der Waals surface area (Å²) >= 11 is 0. The van der Waals surface area contributed by atoms with Gasteiger partial charge in [0.1, 0.15) is 11.4 Å². The van der Waals surface area contributed by atoms with Crippen molar-refractivity contribution in [2.45, 2.75) is 6.92 Å². The Kier molecular flexibility index (Phi) is 2.15. The van der Waals surface area contributed by atoms with Gasteiger partial charge in [0.25, 0.3) is 0 Å². The molecular weight excluding hydrogens is 192 g/mol. The molecule has 0 aromatic carbocycles. The van der Waals surface area contributed by atoms with E-state index in [1.807, 2.05) is 14.0 Å². The smallest absolute Gasteiger partial charge is 0.231 e. The highest BCUT2D eigenvalue weighted by Crippen LogP contribution is 2.08. The predicted molar refractivity (Wildman–Crippen MR) is 54.6 cm³/mol. The van der Waals surface area contributed by atoms with Crippen molar-refractivity contribution in [1.82, 2.24) is 19.6 Å². The lowest BCUT2D eigenvalue weighted by Gasteiger charge is -1.96. The Balaban J connectivity index is 2.41. The van der Waals surface area contributed by atoms with Gasteiger partial charge in [0.05, 0.1) is 0 Å². The van der Waals surface area contributed by atoms with Crippen LogP contribution >= 0.6 is 0 Å². The molecule has 0 radical (unpaired) electrons. The fourth-order valence-electron chi connectivity index (χ4n) is 1.40. The molecule has 0 unspecified atom stereocenters. The molecule has 15 heavy (non-hydrogen) atoms. The first kappa shape index (κ1) is 9.64. The summed E-state index contributed by atoms with van der Waals surface area (Å²) in [5.74, 6) is -0.0984. The molecule has 2 aromatic heterocycles. The third-order valence-electron chi connectivity index (χ3n) is 2.40. The van der Waals surface area contributed by atoms with E-state index in [1.165, 1.54) is 0 Å². The van der Waals surface area contributed by atoms with E-state index in [1.54, 1.807) is 34.7 Å². The minimum atomic E-state index is -0.0984. The molecule has 2 aromatic rings. The molecule has 2 rings (SSSR count). The van der Waals surface area contributed by atoms with Crippen LogP contribution in [0.3, 0.4) is 0 Å². The quantitative estimate of drug-likeness (QED) is 0.676. The van der Waals surface area contributed by atoms with Gasteiger partial charge >= 0.3 is 0 Å². The van der Waals surface area contributed by atoms with Crippen molar-refractivity contribution < 1.29 is 4.79 Å². The summed E-state index contributed by atoms with van der Waals surface area (Å²) in [5.41, 5.74) is 1.97. The second-order valence-corrected chi connectivity index (χ2v) is 3.46. The van der Waals surface area contributed by atoms with Crippen LogP contribution < -0.4 is 0 Å². The van der Waals surface area contributed by atoms with E-state index in [0.29, 0.717) is 11.4 Å². The lowest BCUT2D eigenvalue weighted by molar-refractivity contribution is 0.102. The SMILES string of the molecule is Cc1cc(C(=O)c2ccnn2C)nn1C. The molecule has 2 heterocycles. The summed E-state index contributed by atoms with van der Waals surface area (Å²) in [6, 6.07) is 3.46. The average Bonchev–Trinajstić information content (AvgIpc) is 2.74. The molecule has 0 N–H and O–H groups in total. The minimum absolute atomic E-state index is 0.0984. The molecule has 78 valence electrons. The average molecular weight is 204 g/mol. The molecule has 0 amide bonds. The first-order chi connectivity index (χ1) is 7.09. The fraction of sp³-hybridized carbons (Fsp3) is 0.300. The Morgan fingerprint density at radius 3 is 2.53 bits per heavy atom. The number of aryl methyl sites for hydroxylation is 3. The number of nitrogens with zero attached hydrogens (tertiary/aromatic N) is 4. The summed E-state index contributed by atoms with van der Waals surface area (Å²) in [7, 11) is 3.55. The van der Waals surface area contributed by atoms with Gasteiger partial charge in [0.15, 0.2) is 0 Å². The van der Waals surface area contributed by atoms with Crippen molar-refractivity contribution in [2.75, 3.05) is 0 Å². The Morgan fingerprint density at radius 1 is 1.33 bits per heavy atom. The molecule has 0 spiro atoms. The molecule has 5 nitrogen and oxygen atoms in total. The Bertz CT molecular complexity index is 490. The first-order valence-electron chi connectivity index (χ1n) is 4.63. The molecule has 5 heteroatoms. The third-order valence-corrected chi connectivity index (χ3v) is 2.40. The van der Waals surface area contributed by atoms with Crippen molar-refractivity contribution in [2.24, 2.45) is 14.1 Å². The molecule has 0 aliphatic carbocycles. The summed E-state index contributed by atoms with van der Waals surface area (Å²) < 4.78 is 3.23. The zero-order valence-corrected chi connectivity index (χ0v) is 8.93. The van der Waals surface area contributed by atoms with Gasteiger partial charge in [-0.05, 0) is 19.1 Å². The van der Waals surface area contributed by atoms with Crippen molar-refractivity contribution in [3.05, 3.63) is 35.4 Å². The maximum absolute atomic E-state index is 12.0. The largest absolute Gasteiger partial charge is 0.285 e. The van der Waals surface area contributed by atoms with Gasteiger partial charge in [0, 0.05) is 26.0 Å². The molecular formula is C10H12N4O. The van der Waals surface area contributed by atoms with Gasteiger partial charge in [-0.1, -0.05) is 0 Å². The summed E-state index contributed by atoms with van der Waals surface area (Å²) in [6.07, 6.45) is 1.60. The first-order valence-corrected chi connectivity index (χ1v) is 4.63. The highest BCUT2D eigenvalue weighted by atomic mass is 16.1. The van der Waals surface area contributed by atoms with Gasteiger partial charge in [-0.15, -0.1) is 0 Å². The molecule has 0 aliphatic rings. The minimum Gasteiger partial charge on any atom is -0.285 e. The third kappa shape index (κ3) is 1.56. The van der Waals surface area contributed by atoms with Crippen LogP contribution in [0, 0.1) is 6.92 Å². The van der Waals surface area contributed by atoms with Crippen molar-refractivity contribution in [3.63, 3.8) is 0 Å². The van der Waals surface area contributed by atoms with E-state index in [0.717, 1.165) is 5.69 Å². The van der Waals surface area contributed by atoms with Crippen LogP contribution in [0.4, 0.5) is 0 Å². The van der Waals surface area contributed by atoms with E-state index in [4.69, 9.17) is 0 Å². The van der Waals surface area contributed by atoms with Crippen LogP contribution in [0.25, 0.3) is 0 Å². The van der Waals surface area contributed by atoms with E-state index < -0.39 is 0 Å². The van der Waals surface area contributed by atoms with Crippen LogP contribution in [-0.4, -0.2) is 25.3 Å². The Hall–Kier alpha value is -1.91. The maximum atomic E-state index is 12.0. The number of hydrogen-bond donors (Lipinski definition) is 0. The summed E-state index contributed by atoms with van der Waals surface area (Å²) in [4.78, 5) is 12.0. The van der Waals surface area contributed by atoms with Gasteiger partial charge < -0.3 is 0 Å². The van der Waals surface area contributed by atoms with Crippen molar-refractivity contribution in [3.8, 4) is 0 Å². The number of aromatic nitrogens is 4. The standard InChI is InChI=1S/C10H12N4O/c1-7-6-8(12-13(7)2)10(15)9-4-5-11-14(9)3/h4-6H,1-3H3. The molecule has 0 saturated heterocycles. The highest BCUT2D eigenvalue weighted by Gasteiger charge is 2.16. The number of carbonyl (C=O) groups is 1. The molecule has 0 atom stereocenters. The lowest BCUT2D eigenvalue weighted by atomic mass is 10.2. The van der Waals surface area contributed by atoms with Crippen molar-refractivity contribution >= 4 is 5.78 Å². The van der Waals surface area contributed by atoms with E-state index in [2.05, 4.69) is 10.2 Å². The monoisotopic (exact) mass is 204 g/mol. The van der Waals surface area contributed by atoms with Gasteiger partial charge in [0.2, 0.25) is 5.78 Å². The van der Waals surface area contributed by atoms with Crippen molar-refractivity contribution in [1.29, 1.82) is 0 Å². The van der Waals surface area contributed by atoms with Gasteiger partial charge in [-0.2, -0.15) is 10.2 Å². The van der Waals surface area contributed by atoms with E-state index in [9.17, 15) is 4.79 Å². The molecule has 0 aliphatic heterocycles. The zero-order valence-electron chi connectivity index (χ0n) is 8.93. The van der Waals surface area contributed by atoms with Crippen LogP contribution in [0.2, 0.25) is 0 Å². The normalized spacial score (nSPS) is 10.6. The zero-order chi connectivity index (χ0) is 11.0. The molecule has 0 bridgehead atoms. The lowest BCUT2D eigenvalue weighted by Crippen LogP contribution is -2.09. The van der Waals surface area contributed by atoms with Crippen LogP contribution in [0.15, 0.2) is 18.3 Å². The number of rotatable bonds is 2. The Labute approximate surface area is 87.3 Å². The topological polar surface area (TPSA) is 52.7 Å². The summed E-state index contributed by atoms with van der Waals surface area (Å²) in [5, 5.41) is 8.09.